The van der Waals surface area contributed by atoms with Crippen molar-refractivity contribution in [1.82, 2.24) is 14.3 Å². The van der Waals surface area contributed by atoms with Crippen LogP contribution in [0, 0.1) is 0 Å². The van der Waals surface area contributed by atoms with Crippen molar-refractivity contribution in [3.8, 4) is 0 Å². The summed E-state index contributed by atoms with van der Waals surface area (Å²) in [4.78, 5) is 18.2. The number of hydrogen-bond donors (Lipinski definition) is 0. The van der Waals surface area contributed by atoms with E-state index in [4.69, 9.17) is 0 Å². The molecule has 2 rings (SSSR count). The molecule has 4 nitrogen and oxygen atoms in total. The largest absolute Gasteiger partial charge is 0.345 e. The molecule has 0 aliphatic carbocycles. The van der Waals surface area contributed by atoms with Gasteiger partial charge in [-0.15, -0.1) is 0 Å². The maximum Gasteiger partial charge on any atom is 0.228 e. The molecule has 0 fully saturated rings. The molecule has 96 valence electrons. The molecule has 0 radical (unpaired) electrons. The van der Waals surface area contributed by atoms with Gasteiger partial charge in [-0.1, -0.05) is 19.4 Å². The quantitative estimate of drug-likeness (QED) is 0.809. The molecule has 2 heterocycles. The van der Waals surface area contributed by atoms with E-state index >= 15 is 0 Å². The van der Waals surface area contributed by atoms with Crippen molar-refractivity contribution in [3.63, 3.8) is 0 Å². The minimum Gasteiger partial charge on any atom is -0.345 e. The molecule has 0 aliphatic rings. The lowest BCUT2D eigenvalue weighted by Gasteiger charge is -2.15. The van der Waals surface area contributed by atoms with Crippen LogP contribution in [-0.4, -0.2) is 33.8 Å². The van der Waals surface area contributed by atoms with Gasteiger partial charge < -0.3 is 9.30 Å². The van der Waals surface area contributed by atoms with Gasteiger partial charge in [-0.3, -0.25) is 4.79 Å². The van der Waals surface area contributed by atoms with Crippen LogP contribution in [0.4, 0.5) is 0 Å². The number of amides is 1. The van der Waals surface area contributed by atoms with Gasteiger partial charge in [0.25, 0.3) is 0 Å². The molecule has 18 heavy (non-hydrogen) atoms. The Morgan fingerprint density at radius 2 is 2.28 bits per heavy atom. The second-order valence-corrected chi connectivity index (χ2v) is 4.54. The molecule has 0 unspecified atom stereocenters. The van der Waals surface area contributed by atoms with E-state index in [-0.39, 0.29) is 5.91 Å². The zero-order valence-electron chi connectivity index (χ0n) is 11.0. The van der Waals surface area contributed by atoms with Gasteiger partial charge in [0, 0.05) is 26.0 Å². The highest BCUT2D eigenvalue weighted by Crippen LogP contribution is 2.06. The lowest BCUT2D eigenvalue weighted by atomic mass is 10.2. The molecule has 0 spiro atoms. The Morgan fingerprint density at radius 3 is 3.00 bits per heavy atom. The number of unbranched alkanes of at least 4 members (excludes halogenated alkanes) is 1. The molecular weight excluding hydrogens is 226 g/mol. The Bertz CT molecular complexity index is 500. The molecule has 4 heteroatoms. The zero-order chi connectivity index (χ0) is 13.0. The molecule has 0 bridgehead atoms. The lowest BCUT2D eigenvalue weighted by Crippen LogP contribution is -2.29. The maximum atomic E-state index is 12.0. The van der Waals surface area contributed by atoms with Gasteiger partial charge in [-0.25, -0.2) is 4.98 Å². The molecule has 0 saturated carbocycles. The summed E-state index contributed by atoms with van der Waals surface area (Å²) >= 11 is 0. The minimum atomic E-state index is 0.131. The van der Waals surface area contributed by atoms with Crippen molar-refractivity contribution in [3.05, 3.63) is 36.3 Å². The van der Waals surface area contributed by atoms with E-state index in [1.807, 2.05) is 42.0 Å². The van der Waals surface area contributed by atoms with Crippen molar-refractivity contribution in [2.45, 2.75) is 26.2 Å². The van der Waals surface area contributed by atoms with Gasteiger partial charge in [0.1, 0.15) is 5.65 Å². The second kappa shape index (κ2) is 5.67. The zero-order valence-corrected chi connectivity index (χ0v) is 11.0. The minimum absolute atomic E-state index is 0.131. The normalized spacial score (nSPS) is 10.8. The monoisotopic (exact) mass is 245 g/mol. The summed E-state index contributed by atoms with van der Waals surface area (Å²) in [5.74, 6) is 0.131. The summed E-state index contributed by atoms with van der Waals surface area (Å²) in [5, 5.41) is 0. The molecule has 0 saturated heterocycles. The number of pyridine rings is 1. The van der Waals surface area contributed by atoms with E-state index in [2.05, 4.69) is 11.9 Å². The Hall–Kier alpha value is -1.84. The van der Waals surface area contributed by atoms with E-state index < -0.39 is 0 Å². The fraction of sp³-hybridized carbons (Fsp3) is 0.429. The first-order valence-corrected chi connectivity index (χ1v) is 6.37. The van der Waals surface area contributed by atoms with Crippen molar-refractivity contribution < 1.29 is 4.79 Å². The summed E-state index contributed by atoms with van der Waals surface area (Å²) in [7, 11) is 1.85. The Kier molecular flexibility index (Phi) is 3.97. The van der Waals surface area contributed by atoms with E-state index in [9.17, 15) is 4.79 Å². The number of rotatable bonds is 5. The fourth-order valence-electron chi connectivity index (χ4n) is 1.88. The number of aromatic nitrogens is 2. The predicted molar refractivity (Wildman–Crippen MR) is 71.4 cm³/mol. The van der Waals surface area contributed by atoms with Gasteiger partial charge in [0.2, 0.25) is 5.91 Å². The van der Waals surface area contributed by atoms with Crippen LogP contribution in [0.15, 0.2) is 30.6 Å². The van der Waals surface area contributed by atoms with E-state index in [0.29, 0.717) is 6.42 Å². The molecule has 1 amide bonds. The van der Waals surface area contributed by atoms with Crippen LogP contribution in [0.5, 0.6) is 0 Å². The number of nitrogens with zero attached hydrogens (tertiary/aromatic N) is 3. The van der Waals surface area contributed by atoms with Gasteiger partial charge in [-0.05, 0) is 18.6 Å². The number of hydrogen-bond acceptors (Lipinski definition) is 2. The predicted octanol–water partition coefficient (Wildman–Crippen LogP) is 2.14. The second-order valence-electron chi connectivity index (χ2n) is 4.54. The van der Waals surface area contributed by atoms with E-state index in [1.54, 1.807) is 4.90 Å². The number of likely N-dealkylation sites (N-methyl/N-ethyl adjacent to an activating group) is 1. The third-order valence-electron chi connectivity index (χ3n) is 3.02. The first-order valence-electron chi connectivity index (χ1n) is 6.37. The highest BCUT2D eigenvalue weighted by molar-refractivity contribution is 5.78. The van der Waals surface area contributed by atoms with Gasteiger partial charge in [0.05, 0.1) is 12.1 Å². The summed E-state index contributed by atoms with van der Waals surface area (Å²) in [6.07, 6.45) is 6.39. The van der Waals surface area contributed by atoms with Crippen LogP contribution in [0.2, 0.25) is 0 Å². The summed E-state index contributed by atoms with van der Waals surface area (Å²) < 4.78 is 1.94. The topological polar surface area (TPSA) is 37.6 Å². The average molecular weight is 245 g/mol. The van der Waals surface area contributed by atoms with Gasteiger partial charge in [0.15, 0.2) is 0 Å². The molecule has 0 N–H and O–H groups in total. The number of fused-ring (bicyclic) bond motifs is 1. The standard InChI is InChI=1S/C14H19N3O/c1-3-4-8-16(2)14(18)10-12-11-17-9-6-5-7-13(17)15-12/h5-7,9,11H,3-4,8,10H2,1-2H3. The molecule has 0 aliphatic heterocycles. The summed E-state index contributed by atoms with van der Waals surface area (Å²) in [5.41, 5.74) is 1.71. The Balaban J connectivity index is 2.02. The SMILES string of the molecule is CCCCN(C)C(=O)Cc1cn2ccccc2n1. The molecule has 0 atom stereocenters. The Labute approximate surface area is 107 Å². The van der Waals surface area contributed by atoms with E-state index in [0.717, 1.165) is 30.7 Å². The van der Waals surface area contributed by atoms with E-state index in [1.165, 1.54) is 0 Å². The highest BCUT2D eigenvalue weighted by Gasteiger charge is 2.11. The third-order valence-corrected chi connectivity index (χ3v) is 3.02. The highest BCUT2D eigenvalue weighted by atomic mass is 16.2. The fourth-order valence-corrected chi connectivity index (χ4v) is 1.88. The number of carbonyl (C=O) groups excluding carboxylic acids is 1. The first kappa shape index (κ1) is 12.6. The van der Waals surface area contributed by atoms with Gasteiger partial charge >= 0.3 is 0 Å². The van der Waals surface area contributed by atoms with Crippen molar-refractivity contribution in [1.29, 1.82) is 0 Å². The molecular formula is C14H19N3O. The van der Waals surface area contributed by atoms with Crippen LogP contribution >= 0.6 is 0 Å². The van der Waals surface area contributed by atoms with Crippen LogP contribution in [-0.2, 0) is 11.2 Å². The van der Waals surface area contributed by atoms with Crippen LogP contribution < -0.4 is 0 Å². The molecule has 2 aromatic rings. The lowest BCUT2D eigenvalue weighted by molar-refractivity contribution is -0.129. The first-order chi connectivity index (χ1) is 8.70. The third kappa shape index (κ3) is 2.88. The number of imidazole rings is 1. The van der Waals surface area contributed by atoms with Crippen LogP contribution in [0.3, 0.4) is 0 Å². The van der Waals surface area contributed by atoms with Crippen LogP contribution in [0.25, 0.3) is 5.65 Å². The number of carbonyl (C=O) groups is 1. The average Bonchev–Trinajstić information content (AvgIpc) is 2.77. The van der Waals surface area contributed by atoms with Crippen LogP contribution in [0.1, 0.15) is 25.5 Å². The summed E-state index contributed by atoms with van der Waals surface area (Å²) in [6.45, 7) is 2.95. The van der Waals surface area contributed by atoms with Crippen molar-refractivity contribution >= 4 is 11.6 Å². The smallest absolute Gasteiger partial charge is 0.228 e. The van der Waals surface area contributed by atoms with Gasteiger partial charge in [-0.2, -0.15) is 0 Å². The Morgan fingerprint density at radius 1 is 1.44 bits per heavy atom. The molecule has 2 aromatic heterocycles. The van der Waals surface area contributed by atoms with Crippen molar-refractivity contribution in [2.75, 3.05) is 13.6 Å². The summed E-state index contributed by atoms with van der Waals surface area (Å²) in [6, 6.07) is 5.84. The van der Waals surface area contributed by atoms with Crippen molar-refractivity contribution in [2.24, 2.45) is 0 Å². The molecule has 0 aromatic carbocycles. The maximum absolute atomic E-state index is 12.0.